The van der Waals surface area contributed by atoms with Gasteiger partial charge in [-0.25, -0.2) is 0 Å². The average Bonchev–Trinajstić information content (AvgIpc) is 2.71. The molecular formula is C16H23NO3S. The maximum Gasteiger partial charge on any atom is 0.310 e. The third kappa shape index (κ3) is 4.13. The first-order chi connectivity index (χ1) is 10.1. The van der Waals surface area contributed by atoms with Crippen molar-refractivity contribution in [1.29, 1.82) is 0 Å². The minimum Gasteiger partial charge on any atom is -0.486 e. The quantitative estimate of drug-likeness (QED) is 0.376. The summed E-state index contributed by atoms with van der Waals surface area (Å²) in [5, 5.41) is 11.1. The van der Waals surface area contributed by atoms with Gasteiger partial charge in [-0.3, -0.25) is 10.1 Å². The largest absolute Gasteiger partial charge is 0.486 e. The molecule has 0 amide bonds. The van der Waals surface area contributed by atoms with E-state index in [0.717, 1.165) is 24.2 Å². The highest BCUT2D eigenvalue weighted by Crippen LogP contribution is 2.38. The second-order valence-electron chi connectivity index (χ2n) is 6.09. The van der Waals surface area contributed by atoms with Gasteiger partial charge in [0.1, 0.15) is 0 Å². The van der Waals surface area contributed by atoms with E-state index in [1.165, 1.54) is 31.7 Å². The van der Waals surface area contributed by atoms with Gasteiger partial charge in [0.2, 0.25) is 0 Å². The van der Waals surface area contributed by atoms with Crippen LogP contribution in [0.3, 0.4) is 0 Å². The van der Waals surface area contributed by atoms with Crippen LogP contribution in [0.5, 0.6) is 5.75 Å². The first kappa shape index (κ1) is 16.1. The van der Waals surface area contributed by atoms with Crippen LogP contribution in [0.15, 0.2) is 18.2 Å². The Morgan fingerprint density at radius 2 is 1.95 bits per heavy atom. The van der Waals surface area contributed by atoms with Gasteiger partial charge in [0.25, 0.3) is 0 Å². The third-order valence-electron chi connectivity index (χ3n) is 4.35. The highest BCUT2D eigenvalue weighted by molar-refractivity contribution is 7.80. The van der Waals surface area contributed by atoms with E-state index < -0.39 is 0 Å². The van der Waals surface area contributed by atoms with Crippen molar-refractivity contribution in [1.82, 2.24) is 0 Å². The Kier molecular flexibility index (Phi) is 5.51. The minimum absolute atomic E-state index is 0.0449. The van der Waals surface area contributed by atoms with Crippen LogP contribution in [0.1, 0.15) is 44.1 Å². The fraction of sp³-hybridized carbons (Fsp3) is 0.625. The van der Waals surface area contributed by atoms with Crippen molar-refractivity contribution < 1.29 is 9.66 Å². The van der Waals surface area contributed by atoms with Gasteiger partial charge in [-0.2, -0.15) is 12.6 Å². The van der Waals surface area contributed by atoms with Crippen molar-refractivity contribution in [3.63, 3.8) is 0 Å². The highest BCUT2D eigenvalue weighted by Gasteiger charge is 2.31. The number of rotatable bonds is 5. The number of nitro groups is 1. The molecule has 116 valence electrons. The number of aryl methyl sites for hydroxylation is 1. The summed E-state index contributed by atoms with van der Waals surface area (Å²) in [5.74, 6) is 1.15. The monoisotopic (exact) mass is 309 g/mol. The molecule has 4 nitrogen and oxygen atoms in total. The van der Waals surface area contributed by atoms with Crippen LogP contribution >= 0.6 is 12.6 Å². The number of ether oxygens (including phenoxy) is 1. The molecule has 0 spiro atoms. The molecule has 1 aliphatic carbocycles. The predicted octanol–water partition coefficient (Wildman–Crippen LogP) is 4.55. The van der Waals surface area contributed by atoms with Crippen molar-refractivity contribution in [2.45, 2.75) is 45.4 Å². The van der Waals surface area contributed by atoms with Gasteiger partial charge in [-0.15, -0.1) is 0 Å². The molecule has 0 aromatic heterocycles. The van der Waals surface area contributed by atoms with Crippen LogP contribution < -0.4 is 4.74 Å². The van der Waals surface area contributed by atoms with Gasteiger partial charge < -0.3 is 4.74 Å². The lowest BCUT2D eigenvalue weighted by molar-refractivity contribution is -0.386. The van der Waals surface area contributed by atoms with Gasteiger partial charge in [0.05, 0.1) is 11.5 Å². The zero-order valence-electron chi connectivity index (χ0n) is 12.5. The molecule has 0 bridgehead atoms. The van der Waals surface area contributed by atoms with Crippen molar-refractivity contribution in [3.8, 4) is 5.75 Å². The average molecular weight is 309 g/mol. The third-order valence-corrected chi connectivity index (χ3v) is 5.02. The molecule has 21 heavy (non-hydrogen) atoms. The van der Waals surface area contributed by atoms with E-state index in [-0.39, 0.29) is 16.0 Å². The Morgan fingerprint density at radius 3 is 2.52 bits per heavy atom. The zero-order chi connectivity index (χ0) is 15.3. The van der Waals surface area contributed by atoms with Crippen molar-refractivity contribution in [3.05, 3.63) is 33.9 Å². The van der Waals surface area contributed by atoms with E-state index in [4.69, 9.17) is 4.74 Å². The van der Waals surface area contributed by atoms with Crippen LogP contribution in [0.4, 0.5) is 5.69 Å². The molecule has 0 radical (unpaired) electrons. The first-order valence-electron chi connectivity index (χ1n) is 7.55. The van der Waals surface area contributed by atoms with E-state index in [0.29, 0.717) is 12.4 Å². The number of benzene rings is 1. The molecule has 0 atom stereocenters. The SMILES string of the molecule is Cc1ccc([N+](=O)[O-])c(OCC2(CS)CCCCCC2)c1. The summed E-state index contributed by atoms with van der Waals surface area (Å²) in [7, 11) is 0. The van der Waals surface area contributed by atoms with Crippen LogP contribution in [-0.4, -0.2) is 17.3 Å². The molecule has 0 saturated heterocycles. The maximum absolute atomic E-state index is 11.1. The lowest BCUT2D eigenvalue weighted by atomic mass is 9.83. The number of hydrogen-bond acceptors (Lipinski definition) is 4. The predicted molar refractivity (Wildman–Crippen MR) is 87.3 cm³/mol. The molecule has 1 aliphatic rings. The Hall–Kier alpha value is -1.23. The zero-order valence-corrected chi connectivity index (χ0v) is 13.4. The van der Waals surface area contributed by atoms with Gasteiger partial charge in [-0.1, -0.05) is 31.7 Å². The Balaban J connectivity index is 2.13. The number of nitrogens with zero attached hydrogens (tertiary/aromatic N) is 1. The van der Waals surface area contributed by atoms with Gasteiger partial charge in [0.15, 0.2) is 5.75 Å². The van der Waals surface area contributed by atoms with Crippen LogP contribution in [0.2, 0.25) is 0 Å². The lowest BCUT2D eigenvalue weighted by Crippen LogP contribution is -2.30. The van der Waals surface area contributed by atoms with Crippen LogP contribution in [-0.2, 0) is 0 Å². The molecule has 0 unspecified atom stereocenters. The van der Waals surface area contributed by atoms with Crippen molar-refractivity contribution in [2.75, 3.05) is 12.4 Å². The van der Waals surface area contributed by atoms with E-state index in [2.05, 4.69) is 12.6 Å². The molecular weight excluding hydrogens is 286 g/mol. The summed E-state index contributed by atoms with van der Waals surface area (Å²) < 4.78 is 5.88. The van der Waals surface area contributed by atoms with E-state index in [9.17, 15) is 10.1 Å². The fourth-order valence-electron chi connectivity index (χ4n) is 2.95. The van der Waals surface area contributed by atoms with Gasteiger partial charge >= 0.3 is 5.69 Å². The van der Waals surface area contributed by atoms with Crippen LogP contribution in [0.25, 0.3) is 0 Å². The highest BCUT2D eigenvalue weighted by atomic mass is 32.1. The Bertz CT molecular complexity index is 496. The molecule has 1 saturated carbocycles. The molecule has 1 aromatic rings. The fourth-order valence-corrected chi connectivity index (χ4v) is 3.35. The maximum atomic E-state index is 11.1. The van der Waals surface area contributed by atoms with E-state index >= 15 is 0 Å². The summed E-state index contributed by atoms with van der Waals surface area (Å²) in [6.45, 7) is 2.43. The summed E-state index contributed by atoms with van der Waals surface area (Å²) in [6.07, 6.45) is 7.10. The number of hydrogen-bond donors (Lipinski definition) is 1. The molecule has 0 N–H and O–H groups in total. The first-order valence-corrected chi connectivity index (χ1v) is 8.18. The second kappa shape index (κ2) is 7.16. The normalized spacial score (nSPS) is 18.0. The topological polar surface area (TPSA) is 52.4 Å². The standard InChI is InChI=1S/C16H23NO3S/c1-13-6-7-14(17(18)19)15(10-13)20-11-16(12-21)8-4-2-3-5-9-16/h6-7,10,21H,2-5,8-9,11-12H2,1H3. The van der Waals surface area contributed by atoms with Gasteiger partial charge in [-0.05, 0) is 37.1 Å². The van der Waals surface area contributed by atoms with E-state index in [1.807, 2.05) is 6.92 Å². The second-order valence-corrected chi connectivity index (χ2v) is 6.41. The van der Waals surface area contributed by atoms with Gasteiger partial charge in [0, 0.05) is 11.5 Å². The lowest BCUT2D eigenvalue weighted by Gasteiger charge is -2.30. The molecule has 1 fully saturated rings. The summed E-state index contributed by atoms with van der Waals surface area (Å²) in [6, 6.07) is 5.01. The molecule has 0 aliphatic heterocycles. The molecule has 5 heteroatoms. The smallest absolute Gasteiger partial charge is 0.310 e. The van der Waals surface area contributed by atoms with Crippen LogP contribution in [0, 0.1) is 22.5 Å². The summed E-state index contributed by atoms with van der Waals surface area (Å²) >= 11 is 4.52. The minimum atomic E-state index is -0.380. The molecule has 0 heterocycles. The van der Waals surface area contributed by atoms with Crippen molar-refractivity contribution in [2.24, 2.45) is 5.41 Å². The summed E-state index contributed by atoms with van der Waals surface area (Å²) in [5.41, 5.74) is 1.07. The van der Waals surface area contributed by atoms with E-state index in [1.54, 1.807) is 12.1 Å². The Labute approximate surface area is 131 Å². The van der Waals surface area contributed by atoms with Crippen molar-refractivity contribution >= 4 is 18.3 Å². The summed E-state index contributed by atoms with van der Waals surface area (Å²) in [4.78, 5) is 10.7. The molecule has 1 aromatic carbocycles. The Morgan fingerprint density at radius 1 is 1.29 bits per heavy atom. The number of thiol groups is 1. The molecule has 2 rings (SSSR count). The number of nitro benzene ring substituents is 1.